The molecule has 7 heteroatoms. The SMILES string of the molecule is CCC(CC)C(=O)N=C1S[C@@H]2CS(=O)(=O)C[C@@H]2N1Cc1ccccc1. The Hall–Kier alpha value is -1.34. The van der Waals surface area contributed by atoms with Crippen molar-refractivity contribution in [3.63, 3.8) is 0 Å². The van der Waals surface area contributed by atoms with Crippen LogP contribution in [-0.2, 0) is 21.2 Å². The van der Waals surface area contributed by atoms with Crippen LogP contribution in [-0.4, -0.2) is 47.2 Å². The Labute approximate surface area is 153 Å². The third-order valence-corrected chi connectivity index (χ3v) is 8.16. The summed E-state index contributed by atoms with van der Waals surface area (Å²) in [5.74, 6) is 0.172. The van der Waals surface area contributed by atoms with Crippen molar-refractivity contribution in [3.05, 3.63) is 35.9 Å². The van der Waals surface area contributed by atoms with Crippen LogP contribution in [0.1, 0.15) is 32.3 Å². The lowest BCUT2D eigenvalue weighted by Crippen LogP contribution is -2.37. The zero-order valence-electron chi connectivity index (χ0n) is 14.6. The molecular weight excluding hydrogens is 356 g/mol. The Kier molecular flexibility index (Phi) is 5.53. The number of benzene rings is 1. The van der Waals surface area contributed by atoms with Gasteiger partial charge in [0.05, 0.1) is 17.5 Å². The van der Waals surface area contributed by atoms with Gasteiger partial charge in [-0.2, -0.15) is 4.99 Å². The molecule has 25 heavy (non-hydrogen) atoms. The maximum atomic E-state index is 12.5. The minimum atomic E-state index is -3.01. The predicted octanol–water partition coefficient (Wildman–Crippen LogP) is 2.72. The van der Waals surface area contributed by atoms with E-state index in [2.05, 4.69) is 4.99 Å². The van der Waals surface area contributed by atoms with Crippen LogP contribution in [0.4, 0.5) is 0 Å². The largest absolute Gasteiger partial charge is 0.342 e. The summed E-state index contributed by atoms with van der Waals surface area (Å²) < 4.78 is 24.1. The number of nitrogens with zero attached hydrogens (tertiary/aromatic N) is 2. The highest BCUT2D eigenvalue weighted by atomic mass is 32.2. The molecule has 0 saturated carbocycles. The molecule has 136 valence electrons. The number of hydrogen-bond acceptors (Lipinski definition) is 4. The van der Waals surface area contributed by atoms with Crippen LogP contribution in [0.3, 0.4) is 0 Å². The Balaban J connectivity index is 1.87. The molecule has 0 aliphatic carbocycles. The smallest absolute Gasteiger partial charge is 0.251 e. The summed E-state index contributed by atoms with van der Waals surface area (Å²) in [6, 6.07) is 9.82. The first-order valence-corrected chi connectivity index (χ1v) is 11.4. The first kappa shape index (κ1) is 18.5. The molecule has 1 amide bonds. The van der Waals surface area contributed by atoms with Crippen LogP contribution in [0.5, 0.6) is 0 Å². The van der Waals surface area contributed by atoms with Crippen LogP contribution in [0.15, 0.2) is 35.3 Å². The summed E-state index contributed by atoms with van der Waals surface area (Å²) in [5.41, 5.74) is 1.09. The molecule has 0 N–H and O–H groups in total. The second kappa shape index (κ2) is 7.50. The Bertz CT molecular complexity index is 758. The van der Waals surface area contributed by atoms with E-state index in [1.54, 1.807) is 0 Å². The second-order valence-electron chi connectivity index (χ2n) is 6.66. The van der Waals surface area contributed by atoms with E-state index in [-0.39, 0.29) is 34.6 Å². The van der Waals surface area contributed by atoms with Gasteiger partial charge in [-0.15, -0.1) is 0 Å². The van der Waals surface area contributed by atoms with Gasteiger partial charge in [-0.05, 0) is 18.4 Å². The fourth-order valence-electron chi connectivity index (χ4n) is 3.42. The van der Waals surface area contributed by atoms with Gasteiger partial charge in [0.25, 0.3) is 5.91 Å². The first-order chi connectivity index (χ1) is 11.9. The van der Waals surface area contributed by atoms with Gasteiger partial charge in [-0.25, -0.2) is 8.42 Å². The van der Waals surface area contributed by atoms with Crippen molar-refractivity contribution in [2.75, 3.05) is 11.5 Å². The minimum absolute atomic E-state index is 0.0260. The summed E-state index contributed by atoms with van der Waals surface area (Å²) in [7, 11) is -3.01. The molecule has 2 fully saturated rings. The third kappa shape index (κ3) is 4.08. The highest BCUT2D eigenvalue weighted by molar-refractivity contribution is 8.15. The highest BCUT2D eigenvalue weighted by Crippen LogP contribution is 2.39. The zero-order chi connectivity index (χ0) is 18.0. The molecule has 0 aromatic heterocycles. The standard InChI is InChI=1S/C18H24N2O3S2/c1-3-14(4-2)17(21)19-18-20(10-13-8-6-5-7-9-13)15-11-25(22,23)12-16(15)24-18/h5-9,14-16H,3-4,10-12H2,1-2H3/t15-,16+/m0/s1. The highest BCUT2D eigenvalue weighted by Gasteiger charge is 2.48. The topological polar surface area (TPSA) is 66.8 Å². The molecule has 5 nitrogen and oxygen atoms in total. The van der Waals surface area contributed by atoms with Gasteiger partial charge in [0.2, 0.25) is 0 Å². The number of carbonyl (C=O) groups is 1. The molecule has 2 saturated heterocycles. The maximum Gasteiger partial charge on any atom is 0.251 e. The number of thioether (sulfide) groups is 1. The van der Waals surface area contributed by atoms with Gasteiger partial charge in [-0.1, -0.05) is 55.9 Å². The van der Waals surface area contributed by atoms with E-state index in [0.717, 1.165) is 18.4 Å². The molecule has 0 spiro atoms. The van der Waals surface area contributed by atoms with E-state index in [4.69, 9.17) is 0 Å². The quantitative estimate of drug-likeness (QED) is 0.786. The average Bonchev–Trinajstić information content (AvgIpc) is 3.02. The minimum Gasteiger partial charge on any atom is -0.342 e. The van der Waals surface area contributed by atoms with Gasteiger partial charge in [0, 0.05) is 17.7 Å². The van der Waals surface area contributed by atoms with Crippen molar-refractivity contribution in [1.29, 1.82) is 0 Å². The fourth-order valence-corrected chi connectivity index (χ4v) is 7.38. The third-order valence-electron chi connectivity index (χ3n) is 4.91. The summed E-state index contributed by atoms with van der Waals surface area (Å²) in [6.07, 6.45) is 1.55. The molecule has 3 rings (SSSR count). The zero-order valence-corrected chi connectivity index (χ0v) is 16.2. The summed E-state index contributed by atoms with van der Waals surface area (Å²) in [4.78, 5) is 18.9. The molecular formula is C18H24N2O3S2. The second-order valence-corrected chi connectivity index (χ2v) is 10.0. The number of amidine groups is 1. The Morgan fingerprint density at radius 2 is 1.92 bits per heavy atom. The summed E-state index contributed by atoms with van der Waals surface area (Å²) >= 11 is 1.45. The number of carbonyl (C=O) groups excluding carboxylic acids is 1. The van der Waals surface area contributed by atoms with Gasteiger partial charge < -0.3 is 4.90 Å². The van der Waals surface area contributed by atoms with Gasteiger partial charge >= 0.3 is 0 Å². The van der Waals surface area contributed by atoms with Crippen molar-refractivity contribution >= 4 is 32.7 Å². The summed E-state index contributed by atoms with van der Waals surface area (Å²) in [6.45, 7) is 4.58. The first-order valence-electron chi connectivity index (χ1n) is 8.73. The molecule has 2 aliphatic heterocycles. The lowest BCUT2D eigenvalue weighted by molar-refractivity contribution is -0.121. The van der Waals surface area contributed by atoms with Crippen LogP contribution in [0.25, 0.3) is 0 Å². The molecule has 0 unspecified atom stereocenters. The monoisotopic (exact) mass is 380 g/mol. The van der Waals surface area contributed by atoms with E-state index in [1.165, 1.54) is 11.8 Å². The van der Waals surface area contributed by atoms with Crippen molar-refractivity contribution in [1.82, 2.24) is 4.90 Å². The predicted molar refractivity (Wildman–Crippen MR) is 102 cm³/mol. The van der Waals surface area contributed by atoms with Crippen LogP contribution >= 0.6 is 11.8 Å². The molecule has 0 bridgehead atoms. The number of fused-ring (bicyclic) bond motifs is 1. The van der Waals surface area contributed by atoms with Gasteiger partial charge in [0.15, 0.2) is 15.0 Å². The van der Waals surface area contributed by atoms with Crippen LogP contribution in [0, 0.1) is 5.92 Å². The van der Waals surface area contributed by atoms with E-state index >= 15 is 0 Å². The van der Waals surface area contributed by atoms with Crippen LogP contribution < -0.4 is 0 Å². The normalized spacial score (nSPS) is 26.4. The van der Waals surface area contributed by atoms with E-state index in [9.17, 15) is 13.2 Å². The van der Waals surface area contributed by atoms with Crippen molar-refractivity contribution in [2.24, 2.45) is 10.9 Å². The van der Waals surface area contributed by atoms with Crippen molar-refractivity contribution in [2.45, 2.75) is 44.5 Å². The molecule has 0 radical (unpaired) electrons. The summed E-state index contributed by atoms with van der Waals surface area (Å²) in [5, 5.41) is 0.660. The molecule has 2 aliphatic rings. The molecule has 2 heterocycles. The van der Waals surface area contributed by atoms with Crippen molar-refractivity contribution in [3.8, 4) is 0 Å². The molecule has 1 aromatic carbocycles. The average molecular weight is 381 g/mol. The van der Waals surface area contributed by atoms with E-state index < -0.39 is 9.84 Å². The number of amides is 1. The lowest BCUT2D eigenvalue weighted by Gasteiger charge is -2.24. The van der Waals surface area contributed by atoms with Crippen molar-refractivity contribution < 1.29 is 13.2 Å². The number of sulfone groups is 1. The number of aliphatic imine (C=N–C) groups is 1. The van der Waals surface area contributed by atoms with Gasteiger partial charge in [-0.3, -0.25) is 4.79 Å². The van der Waals surface area contributed by atoms with E-state index in [0.29, 0.717) is 11.7 Å². The maximum absolute atomic E-state index is 12.5. The lowest BCUT2D eigenvalue weighted by atomic mass is 10.0. The molecule has 1 aromatic rings. The fraction of sp³-hybridized carbons (Fsp3) is 0.556. The van der Waals surface area contributed by atoms with E-state index in [1.807, 2.05) is 49.1 Å². The number of rotatable bonds is 5. The van der Waals surface area contributed by atoms with Crippen LogP contribution in [0.2, 0.25) is 0 Å². The Morgan fingerprint density at radius 3 is 2.56 bits per heavy atom. The Morgan fingerprint density at radius 1 is 1.24 bits per heavy atom. The van der Waals surface area contributed by atoms with Gasteiger partial charge in [0.1, 0.15) is 0 Å². The number of hydrogen-bond donors (Lipinski definition) is 0. The molecule has 2 atom stereocenters.